The van der Waals surface area contributed by atoms with Gasteiger partial charge in [-0.1, -0.05) is 0 Å². The first kappa shape index (κ1) is 18.2. The molecule has 2 aliphatic heterocycles. The summed E-state index contributed by atoms with van der Waals surface area (Å²) in [6.45, 7) is 1.62. The van der Waals surface area contributed by atoms with Crippen LogP contribution in [0.5, 0.6) is 0 Å². The molecule has 2 saturated carbocycles. The third-order valence-corrected chi connectivity index (χ3v) is 6.63. The van der Waals surface area contributed by atoms with E-state index in [-0.39, 0.29) is 0 Å². The molecular formula is C22H30N4O2. The number of anilines is 2. The van der Waals surface area contributed by atoms with E-state index in [2.05, 4.69) is 16.7 Å². The summed E-state index contributed by atoms with van der Waals surface area (Å²) in [5.41, 5.74) is 0.614. The van der Waals surface area contributed by atoms with Crippen LogP contribution in [0.3, 0.4) is 0 Å². The van der Waals surface area contributed by atoms with Gasteiger partial charge in [-0.25, -0.2) is 4.98 Å². The smallest absolute Gasteiger partial charge is 0.146 e. The highest BCUT2D eigenvalue weighted by Gasteiger charge is 2.37. The van der Waals surface area contributed by atoms with E-state index >= 15 is 0 Å². The van der Waals surface area contributed by atoms with Crippen LogP contribution in [0, 0.1) is 23.2 Å². The van der Waals surface area contributed by atoms with Gasteiger partial charge in [0.25, 0.3) is 0 Å². The molecule has 1 aromatic heterocycles. The Morgan fingerprint density at radius 2 is 1.46 bits per heavy atom. The quantitative estimate of drug-likeness (QED) is 0.781. The molecule has 4 fully saturated rings. The predicted molar refractivity (Wildman–Crippen MR) is 107 cm³/mol. The molecule has 2 aliphatic carbocycles. The second kappa shape index (κ2) is 7.88. The van der Waals surface area contributed by atoms with Crippen molar-refractivity contribution in [2.45, 2.75) is 75.7 Å². The molecular weight excluding hydrogens is 352 g/mol. The molecule has 5 rings (SSSR count). The predicted octanol–water partition coefficient (Wildman–Crippen LogP) is 3.69. The number of nitrogens with zero attached hydrogens (tertiary/aromatic N) is 2. The van der Waals surface area contributed by atoms with Gasteiger partial charge in [0.2, 0.25) is 0 Å². The molecule has 150 valence electrons. The van der Waals surface area contributed by atoms with Crippen LogP contribution in [0.2, 0.25) is 0 Å². The fourth-order valence-electron chi connectivity index (χ4n) is 4.65. The van der Waals surface area contributed by atoms with Crippen molar-refractivity contribution < 1.29 is 9.47 Å². The second-order valence-corrected chi connectivity index (χ2v) is 8.93. The van der Waals surface area contributed by atoms with E-state index in [0.717, 1.165) is 56.6 Å². The zero-order chi connectivity index (χ0) is 18.9. The van der Waals surface area contributed by atoms with Crippen LogP contribution < -0.4 is 10.6 Å². The van der Waals surface area contributed by atoms with Crippen LogP contribution in [0.25, 0.3) is 0 Å². The van der Waals surface area contributed by atoms with Crippen molar-refractivity contribution in [2.24, 2.45) is 11.8 Å². The lowest BCUT2D eigenvalue weighted by Gasteiger charge is -2.32. The summed E-state index contributed by atoms with van der Waals surface area (Å²) in [6.07, 6.45) is 10.0. The summed E-state index contributed by atoms with van der Waals surface area (Å²) in [5, 5.41) is 16.7. The van der Waals surface area contributed by atoms with Gasteiger partial charge in [-0.05, 0) is 75.3 Å². The van der Waals surface area contributed by atoms with Gasteiger partial charge in [0.15, 0.2) is 0 Å². The SMILES string of the molecule is N#Cc1ccc(NC2CCOC(C3CC3)C2)nc1NC1CCOC(C2CC2)C1. The summed E-state index contributed by atoms with van der Waals surface area (Å²) < 4.78 is 11.9. The lowest BCUT2D eigenvalue weighted by Crippen LogP contribution is -2.36. The van der Waals surface area contributed by atoms with Crippen molar-refractivity contribution in [3.8, 4) is 6.07 Å². The zero-order valence-corrected chi connectivity index (χ0v) is 16.4. The summed E-state index contributed by atoms with van der Waals surface area (Å²) in [5.74, 6) is 3.08. The third-order valence-electron chi connectivity index (χ3n) is 6.63. The summed E-state index contributed by atoms with van der Waals surface area (Å²) in [4.78, 5) is 4.78. The van der Waals surface area contributed by atoms with E-state index in [4.69, 9.17) is 14.5 Å². The van der Waals surface area contributed by atoms with Crippen molar-refractivity contribution in [1.82, 2.24) is 4.98 Å². The van der Waals surface area contributed by atoms with E-state index in [0.29, 0.717) is 35.7 Å². The van der Waals surface area contributed by atoms with Gasteiger partial charge < -0.3 is 20.1 Å². The monoisotopic (exact) mass is 382 g/mol. The standard InChI is InChI=1S/C22H30N4O2/c23-13-16-5-6-21(24-17-7-9-27-19(11-17)14-1-2-14)26-22(16)25-18-8-10-28-20(12-18)15-3-4-15/h5-6,14-15,17-20H,1-4,7-12H2,(H2,24,25,26). The number of hydrogen-bond donors (Lipinski definition) is 2. The van der Waals surface area contributed by atoms with Crippen LogP contribution in [0.15, 0.2) is 12.1 Å². The minimum absolute atomic E-state index is 0.330. The Hall–Kier alpha value is -1.84. The van der Waals surface area contributed by atoms with Gasteiger partial charge >= 0.3 is 0 Å². The van der Waals surface area contributed by atoms with Gasteiger partial charge in [-0.3, -0.25) is 0 Å². The molecule has 28 heavy (non-hydrogen) atoms. The maximum absolute atomic E-state index is 9.52. The molecule has 6 heteroatoms. The Kier molecular flexibility index (Phi) is 5.13. The maximum atomic E-state index is 9.52. The molecule has 0 amide bonds. The fourth-order valence-corrected chi connectivity index (χ4v) is 4.65. The average molecular weight is 383 g/mol. The van der Waals surface area contributed by atoms with Crippen molar-refractivity contribution in [2.75, 3.05) is 23.8 Å². The Morgan fingerprint density at radius 3 is 2.04 bits per heavy atom. The molecule has 4 aliphatic rings. The molecule has 0 spiro atoms. The first-order valence-electron chi connectivity index (χ1n) is 11.0. The zero-order valence-electron chi connectivity index (χ0n) is 16.4. The topological polar surface area (TPSA) is 79.2 Å². The Labute approximate surface area is 167 Å². The molecule has 0 bridgehead atoms. The molecule has 4 unspecified atom stereocenters. The first-order chi connectivity index (χ1) is 13.8. The van der Waals surface area contributed by atoms with Crippen LogP contribution >= 0.6 is 0 Å². The summed E-state index contributed by atoms with van der Waals surface area (Å²) in [6, 6.07) is 6.83. The van der Waals surface area contributed by atoms with Gasteiger partial charge in [0.05, 0.1) is 17.8 Å². The molecule has 6 nitrogen and oxygen atoms in total. The lowest BCUT2D eigenvalue weighted by molar-refractivity contribution is -0.00223. The van der Waals surface area contributed by atoms with Crippen LogP contribution in [0.4, 0.5) is 11.6 Å². The van der Waals surface area contributed by atoms with E-state index in [9.17, 15) is 5.26 Å². The number of aromatic nitrogens is 1. The van der Waals surface area contributed by atoms with E-state index in [1.807, 2.05) is 12.1 Å². The van der Waals surface area contributed by atoms with Gasteiger partial charge in [0.1, 0.15) is 17.7 Å². The van der Waals surface area contributed by atoms with Crippen molar-refractivity contribution in [3.63, 3.8) is 0 Å². The fraction of sp³-hybridized carbons (Fsp3) is 0.727. The Balaban J connectivity index is 1.24. The minimum atomic E-state index is 0.330. The van der Waals surface area contributed by atoms with E-state index in [1.165, 1.54) is 25.7 Å². The van der Waals surface area contributed by atoms with Crippen molar-refractivity contribution in [1.29, 1.82) is 5.26 Å². The first-order valence-corrected chi connectivity index (χ1v) is 11.0. The molecule has 1 aromatic rings. The molecule has 4 atom stereocenters. The van der Waals surface area contributed by atoms with Gasteiger partial charge in [-0.2, -0.15) is 5.26 Å². The van der Waals surface area contributed by atoms with Crippen molar-refractivity contribution >= 4 is 11.6 Å². The number of ether oxygens (including phenoxy) is 2. The van der Waals surface area contributed by atoms with Gasteiger partial charge in [-0.15, -0.1) is 0 Å². The number of pyridine rings is 1. The lowest BCUT2D eigenvalue weighted by atomic mass is 9.99. The summed E-state index contributed by atoms with van der Waals surface area (Å²) in [7, 11) is 0. The Morgan fingerprint density at radius 1 is 0.857 bits per heavy atom. The third kappa shape index (κ3) is 4.26. The molecule has 3 heterocycles. The number of nitrogens with one attached hydrogen (secondary N) is 2. The largest absolute Gasteiger partial charge is 0.378 e. The highest BCUT2D eigenvalue weighted by molar-refractivity contribution is 5.57. The average Bonchev–Trinajstić information content (AvgIpc) is 3.62. The van der Waals surface area contributed by atoms with Crippen molar-refractivity contribution in [3.05, 3.63) is 17.7 Å². The molecule has 2 saturated heterocycles. The number of hydrogen-bond acceptors (Lipinski definition) is 6. The van der Waals surface area contributed by atoms with E-state index in [1.54, 1.807) is 0 Å². The highest BCUT2D eigenvalue weighted by Crippen LogP contribution is 2.39. The number of rotatable bonds is 6. The molecule has 0 radical (unpaired) electrons. The van der Waals surface area contributed by atoms with Crippen LogP contribution in [0.1, 0.15) is 56.9 Å². The van der Waals surface area contributed by atoms with Gasteiger partial charge in [0, 0.05) is 25.3 Å². The molecule has 2 N–H and O–H groups in total. The molecule has 0 aromatic carbocycles. The Bertz CT molecular complexity index is 741. The number of nitriles is 1. The van der Waals surface area contributed by atoms with Crippen LogP contribution in [-0.2, 0) is 9.47 Å². The normalized spacial score (nSPS) is 33.1. The van der Waals surface area contributed by atoms with E-state index < -0.39 is 0 Å². The minimum Gasteiger partial charge on any atom is -0.378 e. The summed E-state index contributed by atoms with van der Waals surface area (Å²) >= 11 is 0. The maximum Gasteiger partial charge on any atom is 0.146 e. The van der Waals surface area contributed by atoms with Crippen LogP contribution in [-0.4, -0.2) is 42.5 Å². The highest BCUT2D eigenvalue weighted by atomic mass is 16.5. The second-order valence-electron chi connectivity index (χ2n) is 8.93.